The maximum Gasteiger partial charge on any atom is 0.147 e. The Hall–Kier alpha value is -1.97. The van der Waals surface area contributed by atoms with Gasteiger partial charge in [-0.25, -0.2) is 0 Å². The molecule has 3 nitrogen and oxygen atoms in total. The average Bonchev–Trinajstić information content (AvgIpc) is 2.95. The van der Waals surface area contributed by atoms with E-state index in [1.807, 2.05) is 0 Å². The number of rotatable bonds is 2. The maximum atomic E-state index is 13.5. The molecule has 24 heavy (non-hydrogen) atoms. The van der Waals surface area contributed by atoms with Gasteiger partial charge in [0.15, 0.2) is 0 Å². The van der Waals surface area contributed by atoms with Crippen molar-refractivity contribution in [2.24, 2.45) is 5.92 Å². The molecule has 3 aliphatic rings. The first-order valence-corrected chi connectivity index (χ1v) is 8.87. The molecule has 2 fully saturated rings. The Labute approximate surface area is 142 Å². The Morgan fingerprint density at radius 3 is 2.00 bits per heavy atom. The summed E-state index contributed by atoms with van der Waals surface area (Å²) in [5, 5.41) is 3.59. The second-order valence-corrected chi connectivity index (χ2v) is 7.28. The largest absolute Gasteiger partial charge is 0.378 e. The number of carbonyl (C=O) groups is 1. The summed E-state index contributed by atoms with van der Waals surface area (Å²) in [5.74, 6) is 0.433. The van der Waals surface area contributed by atoms with E-state index in [0.717, 1.165) is 26.1 Å². The summed E-state index contributed by atoms with van der Waals surface area (Å²) >= 11 is 0. The molecule has 2 heterocycles. The Bertz CT molecular complexity index is 742. The van der Waals surface area contributed by atoms with E-state index in [1.165, 1.54) is 22.3 Å². The molecule has 0 saturated carbocycles. The third-order valence-electron chi connectivity index (χ3n) is 5.77. The topological polar surface area (TPSA) is 38.3 Å². The number of Topliss-reactive ketones (excluding diaryl/α,β-unsaturated/α-hetero) is 1. The van der Waals surface area contributed by atoms with Crippen LogP contribution in [0.4, 0.5) is 0 Å². The number of hydrogen-bond acceptors (Lipinski definition) is 3. The fourth-order valence-electron chi connectivity index (χ4n) is 4.77. The van der Waals surface area contributed by atoms with Crippen molar-refractivity contribution in [2.75, 3.05) is 13.2 Å². The number of carbonyl (C=O) groups excluding carboxylic acids is 1. The van der Waals surface area contributed by atoms with Crippen LogP contribution in [0.1, 0.15) is 29.9 Å². The van der Waals surface area contributed by atoms with Gasteiger partial charge < -0.3 is 10.1 Å². The lowest BCUT2D eigenvalue weighted by Crippen LogP contribution is -2.55. The molecule has 2 aromatic rings. The van der Waals surface area contributed by atoms with Crippen LogP contribution in [0.3, 0.4) is 0 Å². The summed E-state index contributed by atoms with van der Waals surface area (Å²) < 4.78 is 5.63. The third kappa shape index (κ3) is 2.15. The van der Waals surface area contributed by atoms with Gasteiger partial charge in [0.25, 0.3) is 0 Å². The minimum absolute atomic E-state index is 0.0952. The molecule has 1 aliphatic carbocycles. The van der Waals surface area contributed by atoms with Gasteiger partial charge in [-0.05, 0) is 35.1 Å². The van der Waals surface area contributed by atoms with Gasteiger partial charge in [0.05, 0.1) is 19.1 Å². The van der Waals surface area contributed by atoms with Gasteiger partial charge in [0, 0.05) is 18.0 Å². The molecular formula is C21H21NO2. The highest BCUT2D eigenvalue weighted by Gasteiger charge is 2.41. The van der Waals surface area contributed by atoms with Crippen molar-refractivity contribution in [3.8, 4) is 11.1 Å². The predicted molar refractivity (Wildman–Crippen MR) is 93.0 cm³/mol. The SMILES string of the molecule is O=C(C1CC2COCC(C1)N2)C1c2ccccc2-c2ccccc21. The molecule has 3 heteroatoms. The zero-order valence-corrected chi connectivity index (χ0v) is 13.6. The highest BCUT2D eigenvalue weighted by atomic mass is 16.5. The van der Waals surface area contributed by atoms with Gasteiger partial charge in [-0.1, -0.05) is 48.5 Å². The number of nitrogens with one attached hydrogen (secondary N) is 1. The molecule has 1 N–H and O–H groups in total. The van der Waals surface area contributed by atoms with Gasteiger partial charge in [0.1, 0.15) is 5.78 Å². The van der Waals surface area contributed by atoms with Crippen LogP contribution < -0.4 is 5.32 Å². The summed E-state index contributed by atoms with van der Waals surface area (Å²) in [5.41, 5.74) is 4.82. The second-order valence-electron chi connectivity index (χ2n) is 7.28. The van der Waals surface area contributed by atoms with E-state index in [-0.39, 0.29) is 11.8 Å². The summed E-state index contributed by atoms with van der Waals surface area (Å²) in [6.45, 7) is 1.47. The number of morpholine rings is 1. The van der Waals surface area contributed by atoms with Crippen molar-refractivity contribution in [1.29, 1.82) is 0 Å². The van der Waals surface area contributed by atoms with Crippen LogP contribution in [0.25, 0.3) is 11.1 Å². The first kappa shape index (κ1) is 14.4. The zero-order valence-electron chi connectivity index (χ0n) is 13.6. The molecule has 0 aromatic heterocycles. The molecule has 0 spiro atoms. The van der Waals surface area contributed by atoms with Crippen molar-refractivity contribution in [3.63, 3.8) is 0 Å². The number of ether oxygens (including phenoxy) is 1. The summed E-state index contributed by atoms with van der Waals surface area (Å²) in [7, 11) is 0. The molecule has 2 atom stereocenters. The van der Waals surface area contributed by atoms with Crippen LogP contribution in [0.2, 0.25) is 0 Å². The lowest BCUT2D eigenvalue weighted by molar-refractivity contribution is -0.126. The first-order valence-electron chi connectivity index (χ1n) is 8.87. The highest BCUT2D eigenvalue weighted by molar-refractivity contribution is 5.98. The summed E-state index contributed by atoms with van der Waals surface area (Å²) in [4.78, 5) is 13.5. The van der Waals surface area contributed by atoms with Gasteiger partial charge in [-0.2, -0.15) is 0 Å². The van der Waals surface area contributed by atoms with Crippen LogP contribution in [0.15, 0.2) is 48.5 Å². The molecule has 0 amide bonds. The van der Waals surface area contributed by atoms with Gasteiger partial charge >= 0.3 is 0 Å². The molecule has 0 radical (unpaired) electrons. The Kier molecular flexibility index (Phi) is 3.32. The van der Waals surface area contributed by atoms with E-state index in [1.54, 1.807) is 0 Å². The smallest absolute Gasteiger partial charge is 0.147 e. The van der Waals surface area contributed by atoms with Crippen LogP contribution in [-0.2, 0) is 9.53 Å². The minimum Gasteiger partial charge on any atom is -0.378 e. The quantitative estimate of drug-likeness (QED) is 0.924. The monoisotopic (exact) mass is 319 g/mol. The standard InChI is InChI=1S/C21H21NO2/c23-21(13-9-14-11-24-12-15(10-13)22-14)20-18-7-3-1-5-16(18)17-6-2-4-8-19(17)20/h1-8,13-15,20,22H,9-12H2. The first-order chi connectivity index (χ1) is 11.8. The number of hydrogen-bond donors (Lipinski definition) is 1. The molecule has 2 aliphatic heterocycles. The molecular weight excluding hydrogens is 298 g/mol. The van der Waals surface area contributed by atoms with Crippen LogP contribution >= 0.6 is 0 Å². The lowest BCUT2D eigenvalue weighted by Gasteiger charge is -2.40. The van der Waals surface area contributed by atoms with Crippen molar-refractivity contribution in [2.45, 2.75) is 30.8 Å². The third-order valence-corrected chi connectivity index (χ3v) is 5.77. The summed E-state index contributed by atoms with van der Waals surface area (Å²) in [6, 6.07) is 17.4. The Morgan fingerprint density at radius 2 is 1.42 bits per heavy atom. The number of benzene rings is 2. The highest BCUT2D eigenvalue weighted by Crippen LogP contribution is 2.46. The molecule has 2 aromatic carbocycles. The molecule has 2 saturated heterocycles. The average molecular weight is 319 g/mol. The Morgan fingerprint density at radius 1 is 0.875 bits per heavy atom. The predicted octanol–water partition coefficient (Wildman–Crippen LogP) is 3.14. The Balaban J connectivity index is 1.53. The normalized spacial score (nSPS) is 28.2. The number of ketones is 1. The fraction of sp³-hybridized carbons (Fsp3) is 0.381. The van der Waals surface area contributed by atoms with Crippen LogP contribution in [0.5, 0.6) is 0 Å². The lowest BCUT2D eigenvalue weighted by atomic mass is 9.77. The number of piperidine rings is 1. The molecule has 2 bridgehead atoms. The minimum atomic E-state index is -0.0952. The van der Waals surface area contributed by atoms with Crippen LogP contribution in [0, 0.1) is 5.92 Å². The van der Waals surface area contributed by atoms with E-state index in [0.29, 0.717) is 17.9 Å². The maximum absolute atomic E-state index is 13.5. The molecule has 2 unspecified atom stereocenters. The van der Waals surface area contributed by atoms with Crippen molar-refractivity contribution < 1.29 is 9.53 Å². The fourth-order valence-corrected chi connectivity index (χ4v) is 4.77. The van der Waals surface area contributed by atoms with Gasteiger partial charge in [-0.15, -0.1) is 0 Å². The van der Waals surface area contributed by atoms with E-state index in [4.69, 9.17) is 4.74 Å². The molecule has 122 valence electrons. The van der Waals surface area contributed by atoms with Crippen molar-refractivity contribution in [3.05, 3.63) is 59.7 Å². The van der Waals surface area contributed by atoms with Gasteiger partial charge in [0.2, 0.25) is 0 Å². The zero-order chi connectivity index (χ0) is 16.1. The number of fused-ring (bicyclic) bond motifs is 5. The van der Waals surface area contributed by atoms with E-state index >= 15 is 0 Å². The summed E-state index contributed by atoms with van der Waals surface area (Å²) in [6.07, 6.45) is 1.80. The van der Waals surface area contributed by atoms with E-state index in [9.17, 15) is 4.79 Å². The van der Waals surface area contributed by atoms with Crippen LogP contribution in [-0.4, -0.2) is 31.1 Å². The van der Waals surface area contributed by atoms with E-state index < -0.39 is 0 Å². The van der Waals surface area contributed by atoms with Gasteiger partial charge in [-0.3, -0.25) is 4.79 Å². The van der Waals surface area contributed by atoms with Crippen molar-refractivity contribution in [1.82, 2.24) is 5.32 Å². The second kappa shape index (κ2) is 5.54. The van der Waals surface area contributed by atoms with Crippen molar-refractivity contribution >= 4 is 5.78 Å². The van der Waals surface area contributed by atoms with E-state index in [2.05, 4.69) is 53.8 Å². The molecule has 5 rings (SSSR count).